The van der Waals surface area contributed by atoms with Crippen LogP contribution in [0.15, 0.2) is 24.3 Å². The van der Waals surface area contributed by atoms with Crippen molar-refractivity contribution in [3.05, 3.63) is 29.8 Å². The fourth-order valence-electron chi connectivity index (χ4n) is 1.81. The van der Waals surface area contributed by atoms with E-state index >= 15 is 0 Å². The Kier molecular flexibility index (Phi) is 6.62. The van der Waals surface area contributed by atoms with Crippen molar-refractivity contribution >= 4 is 11.6 Å². The van der Waals surface area contributed by atoms with Crippen LogP contribution < -0.4 is 5.32 Å². The Morgan fingerprint density at radius 1 is 1.37 bits per heavy atom. The molecule has 1 aromatic rings. The van der Waals surface area contributed by atoms with Crippen molar-refractivity contribution in [2.45, 2.75) is 26.7 Å². The van der Waals surface area contributed by atoms with Crippen LogP contribution in [0.1, 0.15) is 32.3 Å². The minimum absolute atomic E-state index is 0.0688. The largest absolute Gasteiger partial charge is 0.324 e. The van der Waals surface area contributed by atoms with Gasteiger partial charge in [0.25, 0.3) is 0 Å². The highest BCUT2D eigenvalue weighted by Gasteiger charge is 2.10. The summed E-state index contributed by atoms with van der Waals surface area (Å²) in [5, 5.41) is 11.8. The van der Waals surface area contributed by atoms with Crippen LogP contribution in [0, 0.1) is 11.3 Å². The topological polar surface area (TPSA) is 56.1 Å². The third kappa shape index (κ3) is 5.11. The van der Waals surface area contributed by atoms with Crippen molar-refractivity contribution in [2.75, 3.05) is 25.0 Å². The molecule has 0 spiro atoms. The van der Waals surface area contributed by atoms with E-state index in [1.807, 2.05) is 13.0 Å². The number of unbranched alkanes of at least 4 members (excludes halogenated alkanes) is 1. The fraction of sp³-hybridized carbons (Fsp3) is 0.467. The second-order valence-electron chi connectivity index (χ2n) is 4.43. The number of para-hydroxylation sites is 1. The smallest absolute Gasteiger partial charge is 0.238 e. The molecule has 4 heteroatoms. The van der Waals surface area contributed by atoms with Crippen molar-refractivity contribution in [1.29, 1.82) is 5.26 Å². The minimum Gasteiger partial charge on any atom is -0.324 e. The first-order chi connectivity index (χ1) is 9.21. The Morgan fingerprint density at radius 3 is 2.74 bits per heavy atom. The van der Waals surface area contributed by atoms with E-state index in [1.165, 1.54) is 0 Å². The number of anilines is 1. The van der Waals surface area contributed by atoms with Crippen LogP contribution in [0.5, 0.6) is 0 Å². The van der Waals surface area contributed by atoms with Gasteiger partial charge in [-0.25, -0.2) is 0 Å². The number of carbonyl (C=O) groups excluding carboxylic acids is 1. The molecule has 0 unspecified atom stereocenters. The number of amides is 1. The summed E-state index contributed by atoms with van der Waals surface area (Å²) in [5.74, 6) is -0.0688. The summed E-state index contributed by atoms with van der Waals surface area (Å²) in [6, 6.07) is 9.12. The van der Waals surface area contributed by atoms with E-state index < -0.39 is 0 Å². The van der Waals surface area contributed by atoms with Crippen LogP contribution in [0.3, 0.4) is 0 Å². The van der Waals surface area contributed by atoms with Gasteiger partial charge in [-0.2, -0.15) is 5.26 Å². The van der Waals surface area contributed by atoms with E-state index in [1.54, 1.807) is 18.2 Å². The van der Waals surface area contributed by atoms with Crippen LogP contribution in [0.4, 0.5) is 5.69 Å². The van der Waals surface area contributed by atoms with Crippen LogP contribution >= 0.6 is 0 Å². The number of nitriles is 1. The van der Waals surface area contributed by atoms with Crippen molar-refractivity contribution in [3.63, 3.8) is 0 Å². The van der Waals surface area contributed by atoms with Crippen molar-refractivity contribution < 1.29 is 4.79 Å². The van der Waals surface area contributed by atoms with Gasteiger partial charge >= 0.3 is 0 Å². The van der Waals surface area contributed by atoms with E-state index in [0.717, 1.165) is 25.9 Å². The van der Waals surface area contributed by atoms with Gasteiger partial charge in [-0.15, -0.1) is 0 Å². The van der Waals surface area contributed by atoms with E-state index in [9.17, 15) is 4.79 Å². The molecule has 0 aliphatic rings. The lowest BCUT2D eigenvalue weighted by molar-refractivity contribution is -0.117. The van der Waals surface area contributed by atoms with Gasteiger partial charge in [-0.05, 0) is 31.6 Å². The third-order valence-corrected chi connectivity index (χ3v) is 2.96. The molecule has 1 aromatic carbocycles. The summed E-state index contributed by atoms with van der Waals surface area (Å²) >= 11 is 0. The molecule has 4 nitrogen and oxygen atoms in total. The molecule has 1 rings (SSSR count). The lowest BCUT2D eigenvalue weighted by Crippen LogP contribution is -2.34. The summed E-state index contributed by atoms with van der Waals surface area (Å²) in [7, 11) is 0. The normalized spacial score (nSPS) is 10.2. The molecule has 0 heterocycles. The van der Waals surface area contributed by atoms with E-state index in [2.05, 4.69) is 23.2 Å². The lowest BCUT2D eigenvalue weighted by atomic mass is 10.2. The lowest BCUT2D eigenvalue weighted by Gasteiger charge is -2.19. The Balaban J connectivity index is 2.57. The molecule has 0 saturated carbocycles. The first kappa shape index (κ1) is 15.2. The number of rotatable bonds is 7. The van der Waals surface area contributed by atoms with Gasteiger partial charge in [0.15, 0.2) is 0 Å². The zero-order chi connectivity index (χ0) is 14.1. The van der Waals surface area contributed by atoms with Gasteiger partial charge in [-0.1, -0.05) is 32.4 Å². The summed E-state index contributed by atoms with van der Waals surface area (Å²) in [6.45, 7) is 6.34. The molecule has 102 valence electrons. The maximum absolute atomic E-state index is 12.0. The maximum atomic E-state index is 12.0. The molecule has 0 fully saturated rings. The molecular formula is C15H21N3O. The number of likely N-dealkylation sites (N-methyl/N-ethyl adjacent to an activating group) is 1. The Bertz CT molecular complexity index is 451. The van der Waals surface area contributed by atoms with Gasteiger partial charge in [0, 0.05) is 0 Å². The zero-order valence-electron chi connectivity index (χ0n) is 11.6. The van der Waals surface area contributed by atoms with Gasteiger partial charge < -0.3 is 5.32 Å². The molecule has 0 atom stereocenters. The molecule has 19 heavy (non-hydrogen) atoms. The Labute approximate surface area is 115 Å². The quantitative estimate of drug-likeness (QED) is 0.819. The summed E-state index contributed by atoms with van der Waals surface area (Å²) < 4.78 is 0. The van der Waals surface area contributed by atoms with Crippen LogP contribution in [-0.4, -0.2) is 30.4 Å². The van der Waals surface area contributed by atoms with Gasteiger partial charge in [0.1, 0.15) is 6.07 Å². The minimum atomic E-state index is -0.0688. The molecule has 1 amide bonds. The van der Waals surface area contributed by atoms with E-state index in [4.69, 9.17) is 5.26 Å². The molecule has 0 radical (unpaired) electrons. The van der Waals surface area contributed by atoms with Crippen molar-refractivity contribution in [2.24, 2.45) is 0 Å². The number of benzene rings is 1. The van der Waals surface area contributed by atoms with Crippen LogP contribution in [-0.2, 0) is 4.79 Å². The molecule has 0 saturated heterocycles. The Hall–Kier alpha value is -1.86. The maximum Gasteiger partial charge on any atom is 0.238 e. The van der Waals surface area contributed by atoms with Crippen LogP contribution in [0.2, 0.25) is 0 Å². The molecular weight excluding hydrogens is 238 g/mol. The number of hydrogen-bond donors (Lipinski definition) is 1. The second kappa shape index (κ2) is 8.28. The predicted molar refractivity (Wildman–Crippen MR) is 76.8 cm³/mol. The SMILES string of the molecule is CCCCN(CC)CC(=O)Nc1ccccc1C#N. The van der Waals surface area contributed by atoms with Crippen molar-refractivity contribution in [1.82, 2.24) is 4.90 Å². The standard InChI is InChI=1S/C15H21N3O/c1-3-5-10-18(4-2)12-15(19)17-14-9-7-6-8-13(14)11-16/h6-9H,3-5,10,12H2,1-2H3,(H,17,19). The van der Waals surface area contributed by atoms with Crippen LogP contribution in [0.25, 0.3) is 0 Å². The predicted octanol–water partition coefficient (Wildman–Crippen LogP) is 2.62. The number of nitrogens with one attached hydrogen (secondary N) is 1. The van der Waals surface area contributed by atoms with Crippen molar-refractivity contribution in [3.8, 4) is 6.07 Å². The third-order valence-electron chi connectivity index (χ3n) is 2.96. The van der Waals surface area contributed by atoms with E-state index in [0.29, 0.717) is 17.8 Å². The summed E-state index contributed by atoms with van der Waals surface area (Å²) in [5.41, 5.74) is 1.08. The molecule has 0 aliphatic heterocycles. The molecule has 0 bridgehead atoms. The van der Waals surface area contributed by atoms with Gasteiger partial charge in [0.05, 0.1) is 17.8 Å². The second-order valence-corrected chi connectivity index (χ2v) is 4.43. The monoisotopic (exact) mass is 259 g/mol. The average Bonchev–Trinajstić information content (AvgIpc) is 2.44. The fourth-order valence-corrected chi connectivity index (χ4v) is 1.81. The zero-order valence-corrected chi connectivity index (χ0v) is 11.6. The molecule has 1 N–H and O–H groups in total. The summed E-state index contributed by atoms with van der Waals surface area (Å²) in [4.78, 5) is 14.1. The molecule has 0 aromatic heterocycles. The number of nitrogens with zero attached hydrogens (tertiary/aromatic N) is 2. The highest BCUT2D eigenvalue weighted by molar-refractivity contribution is 5.93. The summed E-state index contributed by atoms with van der Waals surface area (Å²) in [6.07, 6.45) is 2.21. The highest BCUT2D eigenvalue weighted by atomic mass is 16.2. The first-order valence-corrected chi connectivity index (χ1v) is 6.72. The molecule has 0 aliphatic carbocycles. The van der Waals surface area contributed by atoms with E-state index in [-0.39, 0.29) is 5.91 Å². The average molecular weight is 259 g/mol. The highest BCUT2D eigenvalue weighted by Crippen LogP contribution is 2.13. The van der Waals surface area contributed by atoms with Gasteiger partial charge in [0.2, 0.25) is 5.91 Å². The number of carbonyl (C=O) groups is 1. The Morgan fingerprint density at radius 2 is 2.11 bits per heavy atom. The first-order valence-electron chi connectivity index (χ1n) is 6.72. The van der Waals surface area contributed by atoms with Gasteiger partial charge in [-0.3, -0.25) is 9.69 Å². The number of hydrogen-bond acceptors (Lipinski definition) is 3.